The van der Waals surface area contributed by atoms with Crippen LogP contribution in [0.1, 0.15) is 39.5 Å². The number of halogens is 2. The van der Waals surface area contributed by atoms with E-state index in [-0.39, 0.29) is 11.8 Å². The summed E-state index contributed by atoms with van der Waals surface area (Å²) in [7, 11) is 0. The van der Waals surface area contributed by atoms with Crippen LogP contribution < -0.4 is 4.74 Å². The molecule has 5 rings (SSSR count). The molecule has 0 fully saturated rings. The lowest BCUT2D eigenvalue weighted by atomic mass is 9.95. The first-order valence-corrected chi connectivity index (χ1v) is 10.9. The topological polar surface area (TPSA) is 41.9 Å². The summed E-state index contributed by atoms with van der Waals surface area (Å²) in [5.41, 5.74) is 4.71. The quantitative estimate of drug-likeness (QED) is 0.421. The maximum absolute atomic E-state index is 13.3. The first-order chi connectivity index (χ1) is 14.5. The van der Waals surface area contributed by atoms with Crippen LogP contribution in [0.25, 0.3) is 0 Å². The molecule has 2 aliphatic rings. The number of hydrazone groups is 1. The van der Waals surface area contributed by atoms with Gasteiger partial charge in [0.05, 0.1) is 11.8 Å². The fourth-order valence-electron chi connectivity index (χ4n) is 3.91. The van der Waals surface area contributed by atoms with Gasteiger partial charge < -0.3 is 4.74 Å². The minimum atomic E-state index is -0.826. The fourth-order valence-corrected chi connectivity index (χ4v) is 4.35. The van der Waals surface area contributed by atoms with Crippen molar-refractivity contribution in [2.24, 2.45) is 5.10 Å². The van der Waals surface area contributed by atoms with Crippen molar-refractivity contribution in [2.45, 2.75) is 25.6 Å². The molecule has 0 amide bonds. The lowest BCUT2D eigenvalue weighted by molar-refractivity contribution is -0.00455. The van der Waals surface area contributed by atoms with Gasteiger partial charge in [0.15, 0.2) is 0 Å². The molecule has 3 aromatic carbocycles. The number of fused-ring (bicyclic) bond motifs is 3. The van der Waals surface area contributed by atoms with Crippen LogP contribution in [0.15, 0.2) is 76.3 Å². The molecule has 2 aliphatic heterocycles. The number of rotatable bonds is 3. The Morgan fingerprint density at radius 1 is 1.10 bits per heavy atom. The highest BCUT2D eigenvalue weighted by molar-refractivity contribution is 9.10. The first kappa shape index (κ1) is 19.3. The third-order valence-electron chi connectivity index (χ3n) is 5.49. The minimum Gasteiger partial charge on any atom is -0.461 e. The Morgan fingerprint density at radius 3 is 2.57 bits per heavy atom. The van der Waals surface area contributed by atoms with E-state index < -0.39 is 6.23 Å². The zero-order chi connectivity index (χ0) is 20.8. The number of hydrogen-bond acceptors (Lipinski definition) is 4. The first-order valence-electron chi connectivity index (χ1n) is 9.68. The van der Waals surface area contributed by atoms with Crippen LogP contribution in [0.2, 0.25) is 5.02 Å². The van der Waals surface area contributed by atoms with Gasteiger partial charge >= 0.3 is 0 Å². The summed E-state index contributed by atoms with van der Waals surface area (Å²) >= 11 is 9.68. The molecule has 0 radical (unpaired) electrons. The summed E-state index contributed by atoms with van der Waals surface area (Å²) in [6, 6.07) is 21.0. The minimum absolute atomic E-state index is 0.104. The van der Waals surface area contributed by atoms with Gasteiger partial charge in [0.2, 0.25) is 5.78 Å². The number of benzene rings is 3. The van der Waals surface area contributed by atoms with Crippen LogP contribution in [-0.4, -0.2) is 22.7 Å². The molecule has 4 nitrogen and oxygen atoms in total. The van der Waals surface area contributed by atoms with E-state index in [0.717, 1.165) is 21.3 Å². The van der Waals surface area contributed by atoms with Gasteiger partial charge in [0.1, 0.15) is 5.75 Å². The van der Waals surface area contributed by atoms with Crippen LogP contribution >= 0.6 is 27.5 Å². The summed E-state index contributed by atoms with van der Waals surface area (Å²) in [4.78, 5) is 13.3. The third kappa shape index (κ3) is 3.42. The molecule has 0 saturated carbocycles. The van der Waals surface area contributed by atoms with Crippen molar-refractivity contribution >= 4 is 39.0 Å². The van der Waals surface area contributed by atoms with Gasteiger partial charge in [-0.1, -0.05) is 69.5 Å². The normalized spacial score (nSPS) is 19.6. The molecule has 0 N–H and O–H groups in total. The number of carbonyl (C=O) groups is 1. The molecule has 0 spiro atoms. The summed E-state index contributed by atoms with van der Waals surface area (Å²) in [5.74, 6) is 0.554. The number of ketones is 1. The Labute approximate surface area is 188 Å². The molecule has 30 heavy (non-hydrogen) atoms. The predicted octanol–water partition coefficient (Wildman–Crippen LogP) is 6.16. The molecule has 0 unspecified atom stereocenters. The van der Waals surface area contributed by atoms with E-state index >= 15 is 0 Å². The number of ether oxygens (including phenoxy) is 1. The number of nitrogens with zero attached hydrogens (tertiary/aromatic N) is 2. The highest BCUT2D eigenvalue weighted by Gasteiger charge is 2.43. The summed E-state index contributed by atoms with van der Waals surface area (Å²) in [6.45, 7) is 2.06. The molecule has 3 aromatic rings. The van der Waals surface area contributed by atoms with E-state index in [1.54, 1.807) is 23.2 Å². The standard InChI is InChI=1S/C24H18BrClN2O2/c1-14-2-4-15(5-3-14)20-13-21-19-12-18(26)10-11-22(19)30-24(28(21)27-20)23(29)16-6-8-17(25)9-7-16/h2-12,21,24H,13H2,1H3/t21-,24+/m1/s1. The van der Waals surface area contributed by atoms with Crippen molar-refractivity contribution in [2.75, 3.05) is 0 Å². The highest BCUT2D eigenvalue weighted by atomic mass is 79.9. The Morgan fingerprint density at radius 2 is 1.83 bits per heavy atom. The van der Waals surface area contributed by atoms with Gasteiger partial charge in [-0.3, -0.25) is 4.79 Å². The molecule has 0 saturated heterocycles. The van der Waals surface area contributed by atoms with E-state index in [1.165, 1.54) is 5.56 Å². The maximum Gasteiger partial charge on any atom is 0.251 e. The number of aryl methyl sites for hydroxylation is 1. The van der Waals surface area contributed by atoms with E-state index in [1.807, 2.05) is 24.3 Å². The van der Waals surface area contributed by atoms with Crippen LogP contribution in [0.5, 0.6) is 5.75 Å². The van der Waals surface area contributed by atoms with Crippen LogP contribution in [0.3, 0.4) is 0 Å². The van der Waals surface area contributed by atoms with Gasteiger partial charge in [-0.15, -0.1) is 0 Å². The number of hydrogen-bond donors (Lipinski definition) is 0. The van der Waals surface area contributed by atoms with E-state index in [0.29, 0.717) is 22.8 Å². The zero-order valence-electron chi connectivity index (χ0n) is 16.2. The van der Waals surface area contributed by atoms with Gasteiger partial charge in [-0.05, 0) is 42.8 Å². The van der Waals surface area contributed by atoms with Gasteiger partial charge in [-0.25, -0.2) is 5.01 Å². The monoisotopic (exact) mass is 480 g/mol. The summed E-state index contributed by atoms with van der Waals surface area (Å²) in [5, 5.41) is 7.26. The second-order valence-corrected chi connectivity index (χ2v) is 8.89. The number of carbonyl (C=O) groups excluding carboxylic acids is 1. The Balaban J connectivity index is 1.57. The van der Waals surface area contributed by atoms with E-state index in [9.17, 15) is 4.79 Å². The summed E-state index contributed by atoms with van der Waals surface area (Å²) in [6.07, 6.45) is -0.142. The Bertz CT molecular complexity index is 1160. The van der Waals surface area contributed by atoms with Crippen LogP contribution in [0.4, 0.5) is 0 Å². The fraction of sp³-hybridized carbons (Fsp3) is 0.167. The molecule has 150 valence electrons. The van der Waals surface area contributed by atoms with Crippen LogP contribution in [0, 0.1) is 6.92 Å². The second-order valence-electron chi connectivity index (χ2n) is 7.54. The largest absolute Gasteiger partial charge is 0.461 e. The van der Waals surface area contributed by atoms with Crippen molar-refractivity contribution in [1.29, 1.82) is 0 Å². The van der Waals surface area contributed by atoms with Gasteiger partial charge in [-0.2, -0.15) is 5.10 Å². The molecular formula is C24H18BrClN2O2. The second kappa shape index (κ2) is 7.56. The molecule has 0 bridgehead atoms. The predicted molar refractivity (Wildman–Crippen MR) is 121 cm³/mol. The van der Waals surface area contributed by atoms with Crippen molar-refractivity contribution < 1.29 is 9.53 Å². The molecule has 2 heterocycles. The average Bonchev–Trinajstić information content (AvgIpc) is 3.19. The highest BCUT2D eigenvalue weighted by Crippen LogP contribution is 2.44. The average molecular weight is 482 g/mol. The Kier molecular flexibility index (Phi) is 4.88. The van der Waals surface area contributed by atoms with Gasteiger partial charge in [0, 0.05) is 27.0 Å². The molecule has 0 aliphatic carbocycles. The SMILES string of the molecule is Cc1ccc(C2=NN3[C@H](C2)c2cc(Cl)ccc2O[C@H]3C(=O)c2ccc(Br)cc2)cc1. The van der Waals surface area contributed by atoms with Crippen molar-refractivity contribution in [3.63, 3.8) is 0 Å². The zero-order valence-corrected chi connectivity index (χ0v) is 18.5. The molecule has 6 heteroatoms. The Hall–Kier alpha value is -2.63. The van der Waals surface area contributed by atoms with E-state index in [2.05, 4.69) is 47.1 Å². The number of Topliss-reactive ketones (excluding diaryl/α,β-unsaturated/α-hetero) is 1. The molecular weight excluding hydrogens is 464 g/mol. The summed E-state index contributed by atoms with van der Waals surface area (Å²) < 4.78 is 7.07. The molecule has 0 aromatic heterocycles. The smallest absolute Gasteiger partial charge is 0.251 e. The van der Waals surface area contributed by atoms with Gasteiger partial charge in [0.25, 0.3) is 6.23 Å². The van der Waals surface area contributed by atoms with Crippen molar-refractivity contribution in [3.05, 3.63) is 98.5 Å². The van der Waals surface area contributed by atoms with Crippen molar-refractivity contribution in [3.8, 4) is 5.75 Å². The third-order valence-corrected chi connectivity index (χ3v) is 6.25. The maximum atomic E-state index is 13.3. The molecule has 2 atom stereocenters. The lowest BCUT2D eigenvalue weighted by Crippen LogP contribution is -2.45. The van der Waals surface area contributed by atoms with E-state index in [4.69, 9.17) is 21.4 Å². The van der Waals surface area contributed by atoms with Crippen LogP contribution in [-0.2, 0) is 0 Å². The lowest BCUT2D eigenvalue weighted by Gasteiger charge is -2.37. The van der Waals surface area contributed by atoms with Crippen molar-refractivity contribution in [1.82, 2.24) is 5.01 Å².